The van der Waals surface area contributed by atoms with Gasteiger partial charge in [0.05, 0.1) is 5.69 Å². The number of carbonyl (C=O) groups is 3. The Bertz CT molecular complexity index is 1020. The zero-order valence-corrected chi connectivity index (χ0v) is 15.9. The van der Waals surface area contributed by atoms with Gasteiger partial charge in [-0.1, -0.05) is 12.1 Å². The molecule has 4 heterocycles. The van der Waals surface area contributed by atoms with Crippen LogP contribution in [0.15, 0.2) is 36.5 Å². The summed E-state index contributed by atoms with van der Waals surface area (Å²) in [6.45, 7) is 2.80. The number of fused-ring (bicyclic) bond motifs is 2. The summed E-state index contributed by atoms with van der Waals surface area (Å²) < 4.78 is 0. The zero-order valence-electron chi connectivity index (χ0n) is 15.9. The number of carbonyl (C=O) groups excluding carboxylic acids is 3. The molecule has 0 aliphatic carbocycles. The van der Waals surface area contributed by atoms with Crippen LogP contribution in [-0.4, -0.2) is 46.7 Å². The van der Waals surface area contributed by atoms with Gasteiger partial charge in [-0.3, -0.25) is 19.7 Å². The van der Waals surface area contributed by atoms with E-state index in [1.807, 2.05) is 30.3 Å². The minimum absolute atomic E-state index is 0.143. The molecule has 3 amide bonds. The minimum atomic E-state index is -0.583. The standard InChI is InChI=1S/C21H21N5O3/c27-18-6-5-17(20(28)24-18)26-12-14-10-13(3-4-15(14)21(26)29)11-25-9-8-22-16-2-1-7-23-19(16)25/h1-4,7,10,17,22H,5-6,8-9,11-12H2,(H,24,27,28). The van der Waals surface area contributed by atoms with E-state index in [9.17, 15) is 14.4 Å². The second-order valence-corrected chi connectivity index (χ2v) is 7.61. The number of anilines is 2. The summed E-state index contributed by atoms with van der Waals surface area (Å²) in [5.74, 6) is 0.129. The number of nitrogens with one attached hydrogen (secondary N) is 2. The van der Waals surface area contributed by atoms with Crippen molar-refractivity contribution in [2.24, 2.45) is 0 Å². The molecular weight excluding hydrogens is 370 g/mol. The molecule has 5 rings (SSSR count). The molecule has 148 valence electrons. The van der Waals surface area contributed by atoms with Crippen molar-refractivity contribution in [3.8, 4) is 0 Å². The van der Waals surface area contributed by atoms with Crippen LogP contribution in [0, 0.1) is 0 Å². The number of aromatic nitrogens is 1. The lowest BCUT2D eigenvalue weighted by atomic mass is 10.0. The summed E-state index contributed by atoms with van der Waals surface area (Å²) in [7, 11) is 0. The van der Waals surface area contributed by atoms with E-state index in [-0.39, 0.29) is 24.1 Å². The number of pyridine rings is 1. The number of rotatable bonds is 3. The average molecular weight is 391 g/mol. The Kier molecular flexibility index (Phi) is 4.19. The fourth-order valence-electron chi connectivity index (χ4n) is 4.32. The molecule has 1 unspecified atom stereocenters. The van der Waals surface area contributed by atoms with Gasteiger partial charge in [-0.25, -0.2) is 4.98 Å². The molecule has 29 heavy (non-hydrogen) atoms. The first kappa shape index (κ1) is 17.7. The molecule has 0 spiro atoms. The van der Waals surface area contributed by atoms with Gasteiger partial charge in [-0.15, -0.1) is 0 Å². The van der Waals surface area contributed by atoms with Gasteiger partial charge in [0.25, 0.3) is 5.91 Å². The van der Waals surface area contributed by atoms with E-state index in [2.05, 4.69) is 20.5 Å². The SMILES string of the molecule is O=C1CCC(N2Cc3cc(CN4CCNc5cccnc54)ccc3C2=O)C(=O)N1. The Morgan fingerprint density at radius 3 is 2.93 bits per heavy atom. The fourth-order valence-corrected chi connectivity index (χ4v) is 4.32. The summed E-state index contributed by atoms with van der Waals surface area (Å²) >= 11 is 0. The molecule has 1 aromatic heterocycles. The predicted molar refractivity (Wildman–Crippen MR) is 106 cm³/mol. The third-order valence-corrected chi connectivity index (χ3v) is 5.74. The predicted octanol–water partition coefficient (Wildman–Crippen LogP) is 1.27. The smallest absolute Gasteiger partial charge is 0.255 e. The summed E-state index contributed by atoms with van der Waals surface area (Å²) in [5, 5.41) is 5.70. The lowest BCUT2D eigenvalue weighted by Gasteiger charge is -2.30. The van der Waals surface area contributed by atoms with Crippen LogP contribution >= 0.6 is 0 Å². The highest BCUT2D eigenvalue weighted by atomic mass is 16.2. The van der Waals surface area contributed by atoms with E-state index >= 15 is 0 Å². The van der Waals surface area contributed by atoms with Gasteiger partial charge in [0.1, 0.15) is 6.04 Å². The Labute approximate surface area is 167 Å². The quantitative estimate of drug-likeness (QED) is 0.766. The number of hydrogen-bond acceptors (Lipinski definition) is 6. The van der Waals surface area contributed by atoms with Gasteiger partial charge >= 0.3 is 0 Å². The van der Waals surface area contributed by atoms with Crippen molar-refractivity contribution in [3.63, 3.8) is 0 Å². The molecule has 1 atom stereocenters. The van der Waals surface area contributed by atoms with Gasteiger partial charge in [0.2, 0.25) is 11.8 Å². The molecule has 1 fully saturated rings. The molecule has 1 saturated heterocycles. The van der Waals surface area contributed by atoms with Crippen LogP contribution in [0.4, 0.5) is 11.5 Å². The number of nitrogens with zero attached hydrogens (tertiary/aromatic N) is 3. The van der Waals surface area contributed by atoms with Gasteiger partial charge in [-0.05, 0) is 35.7 Å². The maximum absolute atomic E-state index is 12.8. The van der Waals surface area contributed by atoms with Gasteiger partial charge in [-0.2, -0.15) is 0 Å². The number of imide groups is 1. The Morgan fingerprint density at radius 1 is 1.17 bits per heavy atom. The fraction of sp³-hybridized carbons (Fsp3) is 0.333. The van der Waals surface area contributed by atoms with E-state index < -0.39 is 6.04 Å². The van der Waals surface area contributed by atoms with Crippen LogP contribution in [0.1, 0.15) is 34.3 Å². The van der Waals surface area contributed by atoms with Crippen LogP contribution in [0.2, 0.25) is 0 Å². The minimum Gasteiger partial charge on any atom is -0.380 e. The van der Waals surface area contributed by atoms with Crippen LogP contribution in [0.5, 0.6) is 0 Å². The molecule has 3 aliphatic heterocycles. The summed E-state index contributed by atoms with van der Waals surface area (Å²) in [5.41, 5.74) is 3.69. The lowest BCUT2D eigenvalue weighted by Crippen LogP contribution is -2.52. The summed E-state index contributed by atoms with van der Waals surface area (Å²) in [6.07, 6.45) is 2.43. The molecule has 8 heteroatoms. The van der Waals surface area contributed by atoms with Crippen molar-refractivity contribution in [1.82, 2.24) is 15.2 Å². The molecule has 0 radical (unpaired) electrons. The third kappa shape index (κ3) is 3.10. The van der Waals surface area contributed by atoms with Crippen LogP contribution < -0.4 is 15.5 Å². The van der Waals surface area contributed by atoms with Crippen LogP contribution in [0.25, 0.3) is 0 Å². The highest BCUT2D eigenvalue weighted by molar-refractivity contribution is 6.05. The Hall–Kier alpha value is -3.42. The van der Waals surface area contributed by atoms with Crippen molar-refractivity contribution in [2.45, 2.75) is 32.0 Å². The van der Waals surface area contributed by atoms with Gasteiger partial charge < -0.3 is 15.1 Å². The summed E-state index contributed by atoms with van der Waals surface area (Å²) in [6, 6.07) is 9.22. The van der Waals surface area contributed by atoms with E-state index in [1.165, 1.54) is 0 Å². The monoisotopic (exact) mass is 391 g/mol. The van der Waals surface area contributed by atoms with E-state index in [0.29, 0.717) is 25.1 Å². The van der Waals surface area contributed by atoms with Gasteiger partial charge in [0.15, 0.2) is 5.82 Å². The van der Waals surface area contributed by atoms with Crippen molar-refractivity contribution in [2.75, 3.05) is 23.3 Å². The normalized spacial score (nSPS) is 20.8. The maximum Gasteiger partial charge on any atom is 0.255 e. The molecule has 2 aromatic rings. The number of benzene rings is 1. The first-order valence-corrected chi connectivity index (χ1v) is 9.80. The molecule has 0 bridgehead atoms. The average Bonchev–Trinajstić information content (AvgIpc) is 3.04. The molecule has 0 saturated carbocycles. The first-order chi connectivity index (χ1) is 14.1. The van der Waals surface area contributed by atoms with Crippen LogP contribution in [-0.2, 0) is 22.7 Å². The maximum atomic E-state index is 12.8. The van der Waals surface area contributed by atoms with Crippen molar-refractivity contribution >= 4 is 29.2 Å². The third-order valence-electron chi connectivity index (χ3n) is 5.74. The molecule has 1 aromatic carbocycles. The molecular formula is C21H21N5O3. The highest BCUT2D eigenvalue weighted by Crippen LogP contribution is 2.30. The van der Waals surface area contributed by atoms with Crippen molar-refractivity contribution < 1.29 is 14.4 Å². The van der Waals surface area contributed by atoms with E-state index in [4.69, 9.17) is 0 Å². The Balaban J connectivity index is 1.36. The van der Waals surface area contributed by atoms with Crippen molar-refractivity contribution in [1.29, 1.82) is 0 Å². The zero-order chi connectivity index (χ0) is 20.0. The second kappa shape index (κ2) is 6.88. The second-order valence-electron chi connectivity index (χ2n) is 7.61. The lowest BCUT2D eigenvalue weighted by molar-refractivity contribution is -0.136. The molecule has 8 nitrogen and oxygen atoms in total. The van der Waals surface area contributed by atoms with E-state index in [1.54, 1.807) is 11.1 Å². The van der Waals surface area contributed by atoms with Crippen LogP contribution in [0.3, 0.4) is 0 Å². The van der Waals surface area contributed by atoms with Crippen molar-refractivity contribution in [3.05, 3.63) is 53.2 Å². The van der Waals surface area contributed by atoms with Gasteiger partial charge in [0, 0.05) is 44.4 Å². The number of hydrogen-bond donors (Lipinski definition) is 2. The summed E-state index contributed by atoms with van der Waals surface area (Å²) in [4.78, 5) is 44.7. The topological polar surface area (TPSA) is 94.6 Å². The Morgan fingerprint density at radius 2 is 2.07 bits per heavy atom. The highest BCUT2D eigenvalue weighted by Gasteiger charge is 2.39. The largest absolute Gasteiger partial charge is 0.380 e. The van der Waals surface area contributed by atoms with E-state index in [0.717, 1.165) is 35.7 Å². The first-order valence-electron chi connectivity index (χ1n) is 9.80. The number of amides is 3. The molecule has 3 aliphatic rings. The number of piperidine rings is 1. The molecule has 2 N–H and O–H groups in total.